The number of anilines is 1. The van der Waals surface area contributed by atoms with Crippen LogP contribution < -0.4 is 10.6 Å². The maximum atomic E-state index is 13.1. The lowest BCUT2D eigenvalue weighted by atomic mass is 10.0. The molecular formula is C22H21ClN3O3+. The molecule has 0 heterocycles. The largest absolute Gasteiger partial charge is 0.326 e. The molecule has 0 unspecified atom stereocenters. The van der Waals surface area contributed by atoms with E-state index in [1.54, 1.807) is 6.07 Å². The highest BCUT2D eigenvalue weighted by Crippen LogP contribution is 2.27. The monoisotopic (exact) mass is 410 g/mol. The summed E-state index contributed by atoms with van der Waals surface area (Å²) in [7, 11) is 0. The van der Waals surface area contributed by atoms with Crippen molar-refractivity contribution in [3.63, 3.8) is 0 Å². The lowest BCUT2D eigenvalue weighted by molar-refractivity contribution is -0.718. The van der Waals surface area contributed by atoms with Gasteiger partial charge in [-0.15, -0.1) is 0 Å². The lowest BCUT2D eigenvalue weighted by Crippen LogP contribution is -2.87. The van der Waals surface area contributed by atoms with Gasteiger partial charge in [-0.25, -0.2) is 0 Å². The molecule has 3 aromatic carbocycles. The van der Waals surface area contributed by atoms with Crippen molar-refractivity contribution < 1.29 is 15.0 Å². The van der Waals surface area contributed by atoms with Crippen molar-refractivity contribution in [3.05, 3.63) is 105 Å². The van der Waals surface area contributed by atoms with Crippen LogP contribution >= 0.6 is 11.6 Å². The molecule has 3 N–H and O–H groups in total. The molecule has 0 bridgehead atoms. The number of nitrogens with two attached hydrogens (primary N) is 1. The van der Waals surface area contributed by atoms with E-state index in [0.29, 0.717) is 5.69 Å². The maximum Gasteiger partial charge on any atom is 0.289 e. The van der Waals surface area contributed by atoms with E-state index in [9.17, 15) is 14.9 Å². The van der Waals surface area contributed by atoms with Gasteiger partial charge in [-0.3, -0.25) is 14.9 Å². The first-order valence-electron chi connectivity index (χ1n) is 9.15. The summed E-state index contributed by atoms with van der Waals surface area (Å²) >= 11 is 5.86. The highest BCUT2D eigenvalue weighted by atomic mass is 35.5. The summed E-state index contributed by atoms with van der Waals surface area (Å²) in [6, 6.07) is 23.1. The summed E-state index contributed by atoms with van der Waals surface area (Å²) < 4.78 is 0. The number of nitro benzene ring substituents is 1. The number of carbonyl (C=O) groups is 1. The van der Waals surface area contributed by atoms with Crippen molar-refractivity contribution >= 4 is 28.9 Å². The Kier molecular flexibility index (Phi) is 6.59. The van der Waals surface area contributed by atoms with E-state index in [1.807, 2.05) is 72.9 Å². The average molecular weight is 411 g/mol. The fourth-order valence-corrected chi connectivity index (χ4v) is 3.30. The highest BCUT2D eigenvalue weighted by molar-refractivity contribution is 6.32. The van der Waals surface area contributed by atoms with Gasteiger partial charge in [-0.2, -0.15) is 0 Å². The third-order valence-corrected chi connectivity index (χ3v) is 4.98. The smallest absolute Gasteiger partial charge is 0.289 e. The van der Waals surface area contributed by atoms with Gasteiger partial charge < -0.3 is 10.6 Å². The van der Waals surface area contributed by atoms with Crippen LogP contribution in [0, 0.1) is 10.1 Å². The third kappa shape index (κ3) is 5.19. The van der Waals surface area contributed by atoms with Gasteiger partial charge in [0.25, 0.3) is 11.6 Å². The van der Waals surface area contributed by atoms with Crippen LogP contribution in [0.25, 0.3) is 0 Å². The minimum Gasteiger partial charge on any atom is -0.326 e. The number of quaternary nitrogens is 1. The van der Waals surface area contributed by atoms with E-state index in [1.165, 1.54) is 12.1 Å². The standard InChI is InChI=1S/C22H20ClN3O3/c1-15(16-8-4-2-5-9-16)24-21(17-10-6-3-7-11-17)22(27)25-18-12-13-19(23)20(14-18)26(28)29/h2-15,21,24H,1H3,(H,25,27)/p+1/t15-,21-/m1/s1. The number of halogens is 1. The molecule has 1 amide bonds. The molecule has 0 aliphatic heterocycles. The highest BCUT2D eigenvalue weighted by Gasteiger charge is 2.27. The van der Waals surface area contributed by atoms with Crippen molar-refractivity contribution in [2.45, 2.75) is 19.0 Å². The van der Waals surface area contributed by atoms with Crippen LogP contribution in [0.4, 0.5) is 11.4 Å². The summed E-state index contributed by atoms with van der Waals surface area (Å²) in [6.07, 6.45) is 0. The molecule has 0 fully saturated rings. The predicted molar refractivity (Wildman–Crippen MR) is 113 cm³/mol. The van der Waals surface area contributed by atoms with Crippen molar-refractivity contribution in [2.24, 2.45) is 0 Å². The Hall–Kier alpha value is -3.22. The lowest BCUT2D eigenvalue weighted by Gasteiger charge is -2.20. The predicted octanol–water partition coefficient (Wildman–Crippen LogP) is 4.25. The molecule has 0 aliphatic rings. The second kappa shape index (κ2) is 9.32. The first-order chi connectivity index (χ1) is 14.0. The number of nitro groups is 1. The van der Waals surface area contributed by atoms with Gasteiger partial charge in [0.1, 0.15) is 11.1 Å². The van der Waals surface area contributed by atoms with Crippen LogP contribution in [0.1, 0.15) is 30.1 Å². The van der Waals surface area contributed by atoms with E-state index < -0.39 is 11.0 Å². The second-order valence-corrected chi connectivity index (χ2v) is 7.10. The van der Waals surface area contributed by atoms with Gasteiger partial charge in [-0.1, -0.05) is 72.3 Å². The zero-order valence-electron chi connectivity index (χ0n) is 15.8. The number of benzene rings is 3. The molecule has 0 radical (unpaired) electrons. The fraction of sp³-hybridized carbons (Fsp3) is 0.136. The number of amides is 1. The van der Waals surface area contributed by atoms with Gasteiger partial charge in [0.2, 0.25) is 0 Å². The van der Waals surface area contributed by atoms with E-state index in [-0.39, 0.29) is 22.7 Å². The minimum absolute atomic E-state index is 0.0249. The van der Waals surface area contributed by atoms with Gasteiger partial charge in [0, 0.05) is 22.9 Å². The fourth-order valence-electron chi connectivity index (χ4n) is 3.12. The Morgan fingerprint density at radius 3 is 2.17 bits per heavy atom. The molecule has 6 nitrogen and oxygen atoms in total. The summed E-state index contributed by atoms with van der Waals surface area (Å²) in [4.78, 5) is 23.6. The van der Waals surface area contributed by atoms with Crippen LogP contribution in [-0.2, 0) is 4.79 Å². The van der Waals surface area contributed by atoms with Crippen molar-refractivity contribution in [1.82, 2.24) is 0 Å². The number of carbonyl (C=O) groups excluding carboxylic acids is 1. The Bertz CT molecular complexity index is 997. The van der Waals surface area contributed by atoms with Crippen molar-refractivity contribution in [3.8, 4) is 0 Å². The molecule has 2 atom stereocenters. The first kappa shape index (κ1) is 20.5. The van der Waals surface area contributed by atoms with Crippen LogP contribution in [0.3, 0.4) is 0 Å². The molecule has 0 spiro atoms. The minimum atomic E-state index is -0.573. The van der Waals surface area contributed by atoms with E-state index in [2.05, 4.69) is 5.32 Å². The molecule has 0 saturated carbocycles. The molecule has 3 aromatic rings. The first-order valence-corrected chi connectivity index (χ1v) is 9.53. The Morgan fingerprint density at radius 2 is 1.59 bits per heavy atom. The number of hydrogen-bond acceptors (Lipinski definition) is 3. The summed E-state index contributed by atoms with van der Waals surface area (Å²) in [6.45, 7) is 2.03. The van der Waals surface area contributed by atoms with Crippen LogP contribution in [0.2, 0.25) is 5.02 Å². The van der Waals surface area contributed by atoms with Gasteiger partial charge in [-0.05, 0) is 19.1 Å². The Balaban J connectivity index is 1.85. The van der Waals surface area contributed by atoms with Crippen LogP contribution in [0.5, 0.6) is 0 Å². The van der Waals surface area contributed by atoms with E-state index in [4.69, 9.17) is 11.6 Å². The van der Waals surface area contributed by atoms with E-state index >= 15 is 0 Å². The van der Waals surface area contributed by atoms with Crippen molar-refractivity contribution in [2.75, 3.05) is 5.32 Å². The van der Waals surface area contributed by atoms with Crippen molar-refractivity contribution in [1.29, 1.82) is 0 Å². The third-order valence-electron chi connectivity index (χ3n) is 4.66. The Morgan fingerprint density at radius 1 is 1.00 bits per heavy atom. The molecule has 7 heteroatoms. The SMILES string of the molecule is C[C@@H]([NH2+][C@@H](C(=O)Nc1ccc(Cl)c([N+](=O)[O-])c1)c1ccccc1)c1ccccc1. The second-order valence-electron chi connectivity index (χ2n) is 6.69. The summed E-state index contributed by atoms with van der Waals surface area (Å²) in [5.74, 6) is -0.268. The Labute approximate surface area is 173 Å². The molecule has 3 rings (SSSR count). The van der Waals surface area contributed by atoms with Crippen LogP contribution in [-0.4, -0.2) is 10.8 Å². The molecule has 0 aliphatic carbocycles. The van der Waals surface area contributed by atoms with Gasteiger partial charge in [0.05, 0.1) is 4.92 Å². The number of hydrogen-bond donors (Lipinski definition) is 2. The van der Waals surface area contributed by atoms with Crippen LogP contribution in [0.15, 0.2) is 78.9 Å². The van der Waals surface area contributed by atoms with Gasteiger partial charge in [0.15, 0.2) is 6.04 Å². The number of nitrogens with one attached hydrogen (secondary N) is 1. The molecule has 148 valence electrons. The topological polar surface area (TPSA) is 88.8 Å². The molecule has 29 heavy (non-hydrogen) atoms. The molecule has 0 aromatic heterocycles. The summed E-state index contributed by atoms with van der Waals surface area (Å²) in [5.41, 5.74) is 2.02. The summed E-state index contributed by atoms with van der Waals surface area (Å²) in [5, 5.41) is 15.9. The average Bonchev–Trinajstić information content (AvgIpc) is 2.74. The molecular weight excluding hydrogens is 390 g/mol. The number of nitrogens with zero attached hydrogens (tertiary/aromatic N) is 1. The molecule has 0 saturated heterocycles. The number of rotatable bonds is 7. The van der Waals surface area contributed by atoms with Gasteiger partial charge >= 0.3 is 0 Å². The maximum absolute atomic E-state index is 13.1. The normalized spacial score (nSPS) is 12.8. The zero-order chi connectivity index (χ0) is 20.8. The zero-order valence-corrected chi connectivity index (χ0v) is 16.5. The van der Waals surface area contributed by atoms with E-state index in [0.717, 1.165) is 11.1 Å². The quantitative estimate of drug-likeness (QED) is 0.450.